The summed E-state index contributed by atoms with van der Waals surface area (Å²) in [6, 6.07) is 7.49. The zero-order valence-electron chi connectivity index (χ0n) is 14.6. The molecule has 0 unspecified atom stereocenters. The number of rotatable bonds is 8. The van der Waals surface area contributed by atoms with Crippen LogP contribution in [0.25, 0.3) is 0 Å². The van der Waals surface area contributed by atoms with Crippen molar-refractivity contribution < 1.29 is 23.6 Å². The molecule has 0 heterocycles. The fraction of sp³-hybridized carbons (Fsp3) is 0.471. The van der Waals surface area contributed by atoms with Gasteiger partial charge in [0, 0.05) is 0 Å². The molecule has 0 saturated carbocycles. The molecule has 0 fully saturated rings. The third kappa shape index (κ3) is 6.51. The van der Waals surface area contributed by atoms with Gasteiger partial charge in [0.2, 0.25) is 0 Å². The number of benzene rings is 1. The molecular formula is C17H24O6Sn. The van der Waals surface area contributed by atoms with Crippen LogP contribution in [0, 0.1) is 6.92 Å². The Morgan fingerprint density at radius 3 is 1.50 bits per heavy atom. The molecule has 0 saturated heterocycles. The first-order chi connectivity index (χ1) is 11.3. The summed E-state index contributed by atoms with van der Waals surface area (Å²) < 4.78 is 16.5. The zero-order valence-corrected chi connectivity index (χ0v) is 17.4. The van der Waals surface area contributed by atoms with Crippen molar-refractivity contribution in [3.8, 4) is 0 Å². The third-order valence-electron chi connectivity index (χ3n) is 3.22. The first kappa shape index (κ1) is 20.5. The summed E-state index contributed by atoms with van der Waals surface area (Å²) in [5.74, 6) is -1.61. The van der Waals surface area contributed by atoms with Crippen molar-refractivity contribution in [1.82, 2.24) is 0 Å². The van der Waals surface area contributed by atoms with Crippen molar-refractivity contribution in [3.63, 3.8) is 0 Å². The van der Waals surface area contributed by atoms with E-state index >= 15 is 0 Å². The van der Waals surface area contributed by atoms with E-state index < -0.39 is 37.5 Å². The number of carbonyl (C=O) groups excluding carboxylic acids is 3. The minimum absolute atomic E-state index is 0.111. The molecule has 7 heteroatoms. The van der Waals surface area contributed by atoms with E-state index in [9.17, 15) is 14.4 Å². The van der Waals surface area contributed by atoms with E-state index in [1.807, 2.05) is 31.2 Å². The first-order valence-electron chi connectivity index (χ1n) is 8.05. The molecule has 6 nitrogen and oxygen atoms in total. The van der Waals surface area contributed by atoms with Gasteiger partial charge in [-0.15, -0.1) is 0 Å². The van der Waals surface area contributed by atoms with Gasteiger partial charge in [-0.25, -0.2) is 0 Å². The molecule has 132 valence electrons. The molecular weight excluding hydrogens is 419 g/mol. The Morgan fingerprint density at radius 2 is 1.17 bits per heavy atom. The van der Waals surface area contributed by atoms with Gasteiger partial charge in [0.05, 0.1) is 0 Å². The topological polar surface area (TPSA) is 78.9 Å². The van der Waals surface area contributed by atoms with Gasteiger partial charge in [0.1, 0.15) is 0 Å². The summed E-state index contributed by atoms with van der Waals surface area (Å²) in [4.78, 5) is 35.6. The van der Waals surface area contributed by atoms with Crippen LogP contribution in [0.4, 0.5) is 0 Å². The van der Waals surface area contributed by atoms with Crippen LogP contribution in [0.2, 0.25) is 0 Å². The molecule has 0 aliphatic rings. The van der Waals surface area contributed by atoms with Crippen molar-refractivity contribution in [2.75, 3.05) is 0 Å². The monoisotopic (exact) mass is 444 g/mol. The third-order valence-corrected chi connectivity index (χ3v) is 10.2. The fourth-order valence-electron chi connectivity index (χ4n) is 1.86. The zero-order chi connectivity index (χ0) is 18.2. The average molecular weight is 443 g/mol. The van der Waals surface area contributed by atoms with Crippen LogP contribution >= 0.6 is 0 Å². The van der Waals surface area contributed by atoms with E-state index in [0.717, 1.165) is 11.1 Å². The molecule has 1 aromatic carbocycles. The summed E-state index contributed by atoms with van der Waals surface area (Å²) in [5, 5.41) is 0. The quantitative estimate of drug-likeness (QED) is 0.576. The van der Waals surface area contributed by atoms with Gasteiger partial charge in [-0.3, -0.25) is 0 Å². The van der Waals surface area contributed by atoms with Crippen molar-refractivity contribution in [1.29, 1.82) is 0 Å². The molecule has 0 bridgehead atoms. The van der Waals surface area contributed by atoms with Crippen molar-refractivity contribution >= 4 is 37.5 Å². The Kier molecular flexibility index (Phi) is 8.24. The van der Waals surface area contributed by atoms with Crippen LogP contribution in [0.1, 0.15) is 51.2 Å². The van der Waals surface area contributed by atoms with Gasteiger partial charge in [-0.2, -0.15) is 0 Å². The Bertz CT molecular complexity index is 536. The van der Waals surface area contributed by atoms with Crippen LogP contribution in [0.3, 0.4) is 0 Å². The Labute approximate surface area is 148 Å². The van der Waals surface area contributed by atoms with E-state index in [-0.39, 0.29) is 23.7 Å². The van der Waals surface area contributed by atoms with Crippen molar-refractivity contribution in [2.24, 2.45) is 0 Å². The van der Waals surface area contributed by atoms with Gasteiger partial charge >= 0.3 is 148 Å². The second-order valence-electron chi connectivity index (χ2n) is 5.33. The minimum atomic E-state index is -4.76. The maximum absolute atomic E-state index is 11.9. The SMILES string of the molecule is CCC(=O)[O][Sn]([CH2]c1ccc(C)cc1)([O]C(=O)CC)[O]C(=O)CC. The summed E-state index contributed by atoms with van der Waals surface area (Å²) in [6.07, 6.45) is 0.333. The summed E-state index contributed by atoms with van der Waals surface area (Å²) in [6.45, 7) is 6.85. The molecule has 1 rings (SSSR count). The molecule has 24 heavy (non-hydrogen) atoms. The normalized spacial score (nSPS) is 10.8. The molecule has 0 radical (unpaired) electrons. The van der Waals surface area contributed by atoms with Gasteiger partial charge in [-0.05, 0) is 0 Å². The van der Waals surface area contributed by atoms with E-state index in [0.29, 0.717) is 0 Å². The van der Waals surface area contributed by atoms with Crippen molar-refractivity contribution in [2.45, 2.75) is 51.4 Å². The number of hydrogen-bond acceptors (Lipinski definition) is 6. The molecule has 0 amide bonds. The van der Waals surface area contributed by atoms with E-state index in [1.54, 1.807) is 20.8 Å². The van der Waals surface area contributed by atoms with E-state index in [4.69, 9.17) is 9.22 Å². The van der Waals surface area contributed by atoms with Crippen LogP contribution in [-0.4, -0.2) is 37.5 Å². The Balaban J connectivity index is 3.19. The molecule has 0 atom stereocenters. The van der Waals surface area contributed by atoms with E-state index in [1.165, 1.54) is 0 Å². The Morgan fingerprint density at radius 1 is 0.792 bits per heavy atom. The van der Waals surface area contributed by atoms with Crippen LogP contribution < -0.4 is 0 Å². The Hall–Kier alpha value is -1.57. The fourth-order valence-corrected chi connectivity index (χ4v) is 9.14. The maximum atomic E-state index is 11.9. The molecule has 0 N–H and O–H groups in total. The summed E-state index contributed by atoms with van der Waals surface area (Å²) >= 11 is -4.76. The van der Waals surface area contributed by atoms with E-state index in [2.05, 4.69) is 0 Å². The van der Waals surface area contributed by atoms with Crippen LogP contribution in [0.5, 0.6) is 0 Å². The summed E-state index contributed by atoms with van der Waals surface area (Å²) in [7, 11) is 0. The van der Waals surface area contributed by atoms with Gasteiger partial charge in [0.25, 0.3) is 0 Å². The van der Waals surface area contributed by atoms with Crippen molar-refractivity contribution in [3.05, 3.63) is 35.4 Å². The molecule has 0 aliphatic carbocycles. The second-order valence-corrected chi connectivity index (χ2v) is 12.0. The standard InChI is InChI=1S/C8H9.3C3H6O2.Sn/c1-7-3-5-8(2)6-4-7;3*1-2-3(4)5;/h3-6H,1H2,2H3;3*2H2,1H3,(H,4,5);/q;;;;+3/p-3. The molecule has 0 aromatic heterocycles. The second kappa shape index (κ2) is 9.66. The first-order valence-corrected chi connectivity index (χ1v) is 13.6. The molecule has 0 aliphatic heterocycles. The number of carbonyl (C=O) groups is 3. The number of hydrogen-bond donors (Lipinski definition) is 0. The predicted octanol–water partition coefficient (Wildman–Crippen LogP) is 2.88. The molecule has 1 aromatic rings. The predicted molar refractivity (Wildman–Crippen MR) is 89.8 cm³/mol. The van der Waals surface area contributed by atoms with Crippen LogP contribution in [-0.2, 0) is 28.0 Å². The molecule has 0 spiro atoms. The van der Waals surface area contributed by atoms with Gasteiger partial charge in [-0.1, -0.05) is 0 Å². The van der Waals surface area contributed by atoms with Gasteiger partial charge < -0.3 is 0 Å². The summed E-state index contributed by atoms with van der Waals surface area (Å²) in [5.41, 5.74) is 1.87. The average Bonchev–Trinajstić information content (AvgIpc) is 2.56. The van der Waals surface area contributed by atoms with Gasteiger partial charge in [0.15, 0.2) is 0 Å². The van der Waals surface area contributed by atoms with Crippen LogP contribution in [0.15, 0.2) is 24.3 Å². The number of aryl methyl sites for hydroxylation is 1.